The fourth-order valence-corrected chi connectivity index (χ4v) is 4.50. The molecule has 0 unspecified atom stereocenters. The van der Waals surface area contributed by atoms with Crippen molar-refractivity contribution in [3.8, 4) is 11.3 Å². The van der Waals surface area contributed by atoms with E-state index in [1.807, 2.05) is 29.2 Å². The number of hydrogen-bond donors (Lipinski definition) is 0. The van der Waals surface area contributed by atoms with Crippen LogP contribution in [-0.2, 0) is 4.79 Å². The molecular weight excluding hydrogens is 382 g/mol. The van der Waals surface area contributed by atoms with Crippen LogP contribution in [0, 0.1) is 5.92 Å². The van der Waals surface area contributed by atoms with Crippen molar-refractivity contribution in [1.82, 2.24) is 19.2 Å². The number of aromatic nitrogens is 3. The minimum atomic E-state index is 0.283. The van der Waals surface area contributed by atoms with Gasteiger partial charge in [0.1, 0.15) is 22.2 Å². The van der Waals surface area contributed by atoms with E-state index in [0.717, 1.165) is 66.3 Å². The number of piperazine rings is 1. The number of nitrogens with zero attached hydrogens (tertiary/aromatic N) is 5. The highest BCUT2D eigenvalue weighted by molar-refractivity contribution is 7.14. The normalized spacial score (nSPS) is 17.5. The topological polar surface area (TPSA) is 62.2 Å². The van der Waals surface area contributed by atoms with Gasteiger partial charge in [-0.05, 0) is 36.5 Å². The van der Waals surface area contributed by atoms with E-state index < -0.39 is 0 Å². The van der Waals surface area contributed by atoms with Gasteiger partial charge in [0.15, 0.2) is 5.82 Å². The van der Waals surface area contributed by atoms with Gasteiger partial charge in [0.05, 0.1) is 0 Å². The molecule has 6 nitrogen and oxygen atoms in total. The molecule has 0 radical (unpaired) electrons. The Morgan fingerprint density at radius 3 is 2.52 bits per heavy atom. The second-order valence-corrected chi connectivity index (χ2v) is 8.21. The molecule has 27 heavy (non-hydrogen) atoms. The molecule has 138 valence electrons. The molecule has 1 saturated carbocycles. The van der Waals surface area contributed by atoms with Gasteiger partial charge in [0.2, 0.25) is 5.91 Å². The number of carbonyl (C=O) groups is 1. The molecular formula is C19H18ClN5OS. The van der Waals surface area contributed by atoms with Crippen LogP contribution >= 0.6 is 23.1 Å². The van der Waals surface area contributed by atoms with Crippen LogP contribution in [0.5, 0.6) is 0 Å². The molecule has 2 fully saturated rings. The first-order valence-corrected chi connectivity index (χ1v) is 10.3. The van der Waals surface area contributed by atoms with E-state index in [1.54, 1.807) is 6.33 Å². The van der Waals surface area contributed by atoms with Crippen LogP contribution in [0.1, 0.15) is 12.8 Å². The second kappa shape index (κ2) is 6.73. The summed E-state index contributed by atoms with van der Waals surface area (Å²) in [6.45, 7) is 3.09. The number of anilines is 1. The molecule has 8 heteroatoms. The van der Waals surface area contributed by atoms with Crippen LogP contribution in [-0.4, -0.2) is 51.3 Å². The number of carbonyl (C=O) groups excluding carboxylic acids is 1. The lowest BCUT2D eigenvalue weighted by molar-refractivity contribution is -0.132. The fourth-order valence-electron chi connectivity index (χ4n) is 3.50. The number of halogens is 1. The van der Waals surface area contributed by atoms with Crippen molar-refractivity contribution in [3.63, 3.8) is 0 Å². The largest absolute Gasteiger partial charge is 0.352 e. The van der Waals surface area contributed by atoms with E-state index in [4.69, 9.17) is 11.6 Å². The van der Waals surface area contributed by atoms with Gasteiger partial charge >= 0.3 is 0 Å². The zero-order valence-electron chi connectivity index (χ0n) is 14.6. The third kappa shape index (κ3) is 3.15. The maximum absolute atomic E-state index is 12.3. The van der Waals surface area contributed by atoms with Crippen LogP contribution in [0.4, 0.5) is 5.82 Å². The Kier molecular flexibility index (Phi) is 4.21. The van der Waals surface area contributed by atoms with Crippen molar-refractivity contribution >= 4 is 45.1 Å². The minimum Gasteiger partial charge on any atom is -0.352 e. The molecule has 1 aliphatic carbocycles. The van der Waals surface area contributed by atoms with Gasteiger partial charge < -0.3 is 9.80 Å². The average molecular weight is 400 g/mol. The molecule has 2 aliphatic rings. The highest BCUT2D eigenvalue weighted by Crippen LogP contribution is 2.35. The highest BCUT2D eigenvalue weighted by atomic mass is 35.5. The molecule has 0 atom stereocenters. The molecule has 2 aromatic heterocycles. The standard InChI is InChI=1S/C19H18ClN5OS/c20-14-5-3-12(4-6-14)15-16-17(27-23-15)18(22-11-21-16)24-7-9-25(10-8-24)19(26)13-1-2-13/h3-6,11,13H,1-2,7-10H2. The summed E-state index contributed by atoms with van der Waals surface area (Å²) in [6, 6.07) is 7.64. The Morgan fingerprint density at radius 2 is 1.81 bits per heavy atom. The Bertz CT molecular complexity index is 993. The average Bonchev–Trinajstić information content (AvgIpc) is 3.47. The van der Waals surface area contributed by atoms with Crippen LogP contribution in [0.2, 0.25) is 5.02 Å². The Balaban J connectivity index is 1.41. The van der Waals surface area contributed by atoms with Gasteiger partial charge in [0.25, 0.3) is 0 Å². The summed E-state index contributed by atoms with van der Waals surface area (Å²) in [6.07, 6.45) is 3.72. The molecule has 0 spiro atoms. The summed E-state index contributed by atoms with van der Waals surface area (Å²) in [4.78, 5) is 25.5. The van der Waals surface area contributed by atoms with Gasteiger partial charge in [-0.25, -0.2) is 9.97 Å². The lowest BCUT2D eigenvalue weighted by Gasteiger charge is -2.35. The molecule has 1 amide bonds. The third-order valence-electron chi connectivity index (χ3n) is 5.17. The maximum Gasteiger partial charge on any atom is 0.225 e. The first-order chi connectivity index (χ1) is 13.2. The number of benzene rings is 1. The molecule has 1 aliphatic heterocycles. The molecule has 3 aromatic rings. The molecule has 5 rings (SSSR count). The predicted octanol–water partition coefficient (Wildman–Crippen LogP) is 3.47. The Hall–Kier alpha value is -2.25. The van der Waals surface area contributed by atoms with Crippen LogP contribution in [0.25, 0.3) is 21.5 Å². The summed E-state index contributed by atoms with van der Waals surface area (Å²) in [5, 5.41) is 0.701. The Morgan fingerprint density at radius 1 is 1.07 bits per heavy atom. The van der Waals surface area contributed by atoms with Crippen molar-refractivity contribution in [2.75, 3.05) is 31.1 Å². The lowest BCUT2D eigenvalue weighted by Crippen LogP contribution is -2.49. The summed E-state index contributed by atoms with van der Waals surface area (Å²) in [5.74, 6) is 1.52. The predicted molar refractivity (Wildman–Crippen MR) is 107 cm³/mol. The first-order valence-electron chi connectivity index (χ1n) is 9.11. The zero-order chi connectivity index (χ0) is 18.4. The summed E-state index contributed by atoms with van der Waals surface area (Å²) >= 11 is 7.42. The molecule has 1 aromatic carbocycles. The number of fused-ring (bicyclic) bond motifs is 1. The monoisotopic (exact) mass is 399 g/mol. The van der Waals surface area contributed by atoms with Crippen molar-refractivity contribution in [2.24, 2.45) is 5.92 Å². The molecule has 0 N–H and O–H groups in total. The maximum atomic E-state index is 12.3. The molecule has 1 saturated heterocycles. The summed E-state index contributed by atoms with van der Waals surface area (Å²) in [5.41, 5.74) is 2.72. The van der Waals surface area contributed by atoms with Crippen LogP contribution in [0.15, 0.2) is 30.6 Å². The first kappa shape index (κ1) is 16.9. The smallest absolute Gasteiger partial charge is 0.225 e. The van der Waals surface area contributed by atoms with Crippen LogP contribution < -0.4 is 4.90 Å². The van der Waals surface area contributed by atoms with E-state index in [9.17, 15) is 4.79 Å². The van der Waals surface area contributed by atoms with Gasteiger partial charge in [-0.15, -0.1) is 0 Å². The zero-order valence-corrected chi connectivity index (χ0v) is 16.2. The Labute approximate surface area is 166 Å². The third-order valence-corrected chi connectivity index (χ3v) is 6.26. The second-order valence-electron chi connectivity index (χ2n) is 7.00. The van der Waals surface area contributed by atoms with Gasteiger partial charge in [-0.3, -0.25) is 4.79 Å². The van der Waals surface area contributed by atoms with Crippen molar-refractivity contribution < 1.29 is 4.79 Å². The van der Waals surface area contributed by atoms with Crippen LogP contribution in [0.3, 0.4) is 0 Å². The fraction of sp³-hybridized carbons (Fsp3) is 0.368. The highest BCUT2D eigenvalue weighted by Gasteiger charge is 2.35. The van der Waals surface area contributed by atoms with Crippen molar-refractivity contribution in [3.05, 3.63) is 35.6 Å². The van der Waals surface area contributed by atoms with E-state index in [2.05, 4.69) is 19.2 Å². The van der Waals surface area contributed by atoms with E-state index in [0.29, 0.717) is 10.9 Å². The van der Waals surface area contributed by atoms with E-state index in [-0.39, 0.29) is 5.92 Å². The van der Waals surface area contributed by atoms with Gasteiger partial charge in [0, 0.05) is 42.7 Å². The summed E-state index contributed by atoms with van der Waals surface area (Å²) in [7, 11) is 0. The van der Waals surface area contributed by atoms with Gasteiger partial charge in [-0.2, -0.15) is 4.37 Å². The SMILES string of the molecule is O=C(C1CC1)N1CCN(c2ncnc3c(-c4ccc(Cl)cc4)nsc23)CC1. The number of amides is 1. The van der Waals surface area contributed by atoms with Crippen molar-refractivity contribution in [2.45, 2.75) is 12.8 Å². The molecule has 0 bridgehead atoms. The molecule has 3 heterocycles. The van der Waals surface area contributed by atoms with Crippen molar-refractivity contribution in [1.29, 1.82) is 0 Å². The minimum absolute atomic E-state index is 0.283. The lowest BCUT2D eigenvalue weighted by atomic mass is 10.1. The number of rotatable bonds is 3. The quantitative estimate of drug-likeness (QED) is 0.674. The van der Waals surface area contributed by atoms with E-state index >= 15 is 0 Å². The number of hydrogen-bond acceptors (Lipinski definition) is 6. The summed E-state index contributed by atoms with van der Waals surface area (Å²) < 4.78 is 5.62. The van der Waals surface area contributed by atoms with Gasteiger partial charge in [-0.1, -0.05) is 23.7 Å². The van der Waals surface area contributed by atoms with E-state index in [1.165, 1.54) is 11.5 Å².